The zero-order chi connectivity index (χ0) is 83.1. The van der Waals surface area contributed by atoms with Gasteiger partial charge in [0, 0.05) is 77.3 Å². The lowest BCUT2D eigenvalue weighted by molar-refractivity contribution is 0.00578. The molecule has 3 aliphatic carbocycles. The van der Waals surface area contributed by atoms with Crippen LogP contribution in [0.2, 0.25) is 0 Å². The van der Waals surface area contributed by atoms with Gasteiger partial charge < -0.3 is 18.6 Å². The van der Waals surface area contributed by atoms with Gasteiger partial charge in [-0.05, 0) is 196 Å². The van der Waals surface area contributed by atoms with Gasteiger partial charge >= 0.3 is 14.2 Å². The number of fused-ring (bicyclic) bond motifs is 11. The fourth-order valence-electron chi connectivity index (χ4n) is 19.7. The molecule has 0 spiro atoms. The van der Waals surface area contributed by atoms with Crippen molar-refractivity contribution in [3.63, 3.8) is 0 Å². The second-order valence-electron chi connectivity index (χ2n) is 37.3. The number of benzene rings is 2. The van der Waals surface area contributed by atoms with E-state index in [-0.39, 0.29) is 10.8 Å². The molecule has 0 unspecified atom stereocenters. The van der Waals surface area contributed by atoms with E-state index in [2.05, 4.69) is 131 Å². The van der Waals surface area contributed by atoms with Gasteiger partial charge in [0.15, 0.2) is 0 Å². The minimum Gasteiger partial charge on any atom is -0.399 e. The first kappa shape index (κ1) is 92.4. The number of rotatable bonds is 46. The predicted octanol–water partition coefficient (Wildman–Crippen LogP) is 33.4. The molecule has 2 saturated heterocycles. The van der Waals surface area contributed by atoms with Crippen molar-refractivity contribution in [3.05, 3.63) is 114 Å². The standard InChI is InChI=1S/C56H76N2S5.C25H37BrS2.C18H26B2N2O4S/c1-5-9-13-17-21-25-33-55(34-26-22-18-14-10-6-2)43-31-37-59-51(43)53-45(55)39-47(61-53)41-29-30-42(50-49(41)57-63-58-50)48-40-46-54(62-48)52-44(32-38-60-52)56(46,35-27-23-19-15-11-7-3)36-28-24-20-16-12-8-4;1-3-5-7-9-11-13-16-25(17-14-12-10-8-6-4-2)20-15-18-27-23(20)24-21(25)19-22(26)28-24;1-15(2)16(3,4)24-19(23-15)11-9-10-12(14-13(11)21-27-22-14)20-25-17(5,6)18(7,8)26-20/h29-32,37-40H,5-28,33-36H2,1-4H3;15,18-19H,3-14,16-17H2,1-2H3;9-10H,1-8H3. The maximum absolute atomic E-state index is 6.21. The van der Waals surface area contributed by atoms with Crippen LogP contribution in [-0.4, -0.2) is 54.1 Å². The molecule has 0 N–H and O–H groups in total. The summed E-state index contributed by atoms with van der Waals surface area (Å²) in [7, 11) is -0.956. The Morgan fingerprint density at radius 1 is 0.288 bits per heavy atom. The molecule has 118 heavy (non-hydrogen) atoms. The molecule has 10 aromatic rings. The first-order valence-electron chi connectivity index (χ1n) is 46.7. The summed E-state index contributed by atoms with van der Waals surface area (Å²) in [6.45, 7) is 30.3. The maximum Gasteiger partial charge on any atom is 0.497 e. The summed E-state index contributed by atoms with van der Waals surface area (Å²) in [5.74, 6) is 0. The highest BCUT2D eigenvalue weighted by Gasteiger charge is 2.56. The number of thiophene rings is 6. The van der Waals surface area contributed by atoms with E-state index in [0.29, 0.717) is 5.41 Å². The largest absolute Gasteiger partial charge is 0.497 e. The lowest BCUT2D eigenvalue weighted by Gasteiger charge is -2.32. The van der Waals surface area contributed by atoms with E-state index in [1.54, 1.807) is 62.6 Å². The third-order valence-corrected chi connectivity index (χ3v) is 36.3. The first-order valence-corrected chi connectivity index (χ1v) is 54.1. The van der Waals surface area contributed by atoms with E-state index < -0.39 is 36.6 Å². The summed E-state index contributed by atoms with van der Waals surface area (Å²) in [6.07, 6.45) is 57.0. The van der Waals surface area contributed by atoms with Crippen LogP contribution in [0.5, 0.6) is 0 Å². The van der Waals surface area contributed by atoms with Gasteiger partial charge in [0.05, 0.1) is 49.6 Å². The average molecular weight is 1810 g/mol. The normalized spacial score (nSPS) is 17.0. The van der Waals surface area contributed by atoms with Crippen molar-refractivity contribution in [2.45, 2.75) is 405 Å². The smallest absolute Gasteiger partial charge is 0.399 e. The summed E-state index contributed by atoms with van der Waals surface area (Å²) in [5, 5.41) is 7.10. The van der Waals surface area contributed by atoms with Gasteiger partial charge in [-0.1, -0.05) is 297 Å². The average Bonchev–Trinajstić information content (AvgIpc) is 1.55. The Morgan fingerprint density at radius 3 is 0.831 bits per heavy atom. The Hall–Kier alpha value is -3.27. The van der Waals surface area contributed by atoms with Crippen molar-refractivity contribution in [1.82, 2.24) is 17.5 Å². The monoisotopic (exact) mass is 1800 g/mol. The summed E-state index contributed by atoms with van der Waals surface area (Å²) in [4.78, 5) is 12.1. The summed E-state index contributed by atoms with van der Waals surface area (Å²) < 4.78 is 45.4. The lowest BCUT2D eigenvalue weighted by atomic mass is 9.71. The third-order valence-electron chi connectivity index (χ3n) is 28.1. The summed E-state index contributed by atoms with van der Waals surface area (Å²) in [6, 6.07) is 24.0. The van der Waals surface area contributed by atoms with Crippen LogP contribution in [0.4, 0.5) is 0 Å². The zero-order valence-corrected chi connectivity index (χ0v) is 82.5. The molecule has 0 amide bonds. The molecular weight excluding hydrogens is 1670 g/mol. The Labute approximate surface area is 753 Å². The quantitative estimate of drug-likeness (QED) is 0.0275. The van der Waals surface area contributed by atoms with Gasteiger partial charge in [0.1, 0.15) is 22.1 Å². The highest BCUT2D eigenvalue weighted by atomic mass is 79.9. The van der Waals surface area contributed by atoms with Crippen LogP contribution in [0.1, 0.15) is 400 Å². The molecule has 15 rings (SSSR count). The fourth-order valence-corrected chi connectivity index (χ4v) is 28.7. The van der Waals surface area contributed by atoms with Gasteiger partial charge in [-0.15, -0.1) is 68.0 Å². The Balaban J connectivity index is 0.000000180. The molecule has 5 aliphatic rings. The molecule has 2 fully saturated rings. The number of hydrogen-bond donors (Lipinski definition) is 0. The molecule has 0 bridgehead atoms. The van der Waals surface area contributed by atoms with Gasteiger partial charge in [-0.3, -0.25) is 0 Å². The van der Waals surface area contributed by atoms with Crippen LogP contribution in [0, 0.1) is 0 Å². The topological polar surface area (TPSA) is 88.5 Å². The molecule has 640 valence electrons. The van der Waals surface area contributed by atoms with Crippen molar-refractivity contribution < 1.29 is 18.6 Å². The number of nitrogens with zero attached hydrogens (tertiary/aromatic N) is 4. The van der Waals surface area contributed by atoms with Crippen LogP contribution in [0.3, 0.4) is 0 Å². The van der Waals surface area contributed by atoms with Gasteiger partial charge in [0.2, 0.25) is 0 Å². The lowest BCUT2D eigenvalue weighted by Crippen LogP contribution is -2.41. The molecule has 8 aromatic heterocycles. The summed E-state index contributed by atoms with van der Waals surface area (Å²) in [5.41, 5.74) is 16.9. The SMILES string of the molecule is CC1(C)OB(c2ccc(B3OC(C)(C)C(C)(C)O3)c3nsnc23)OC1(C)C.CCCCCCCCC1(CCCCCCCC)c2ccsc2-c2sc(-c3ccc(-c4cc5c(s4)-c4sccc4C5(CCCCCCCC)CCCCCCCC)c4nsnc34)cc21.CCCCCCCCC1(CCCCCCCC)c2ccsc2-c2sc(Br)cc21. The maximum atomic E-state index is 6.21. The van der Waals surface area contributed by atoms with Crippen LogP contribution in [0.15, 0.2) is 80.6 Å². The van der Waals surface area contributed by atoms with Crippen LogP contribution in [-0.2, 0) is 34.9 Å². The van der Waals surface area contributed by atoms with Crippen LogP contribution < -0.4 is 10.9 Å². The first-order chi connectivity index (χ1) is 57.2. The van der Waals surface area contributed by atoms with Crippen molar-refractivity contribution in [2.24, 2.45) is 0 Å². The van der Waals surface area contributed by atoms with E-state index in [4.69, 9.17) is 27.4 Å². The number of hydrogen-bond acceptors (Lipinski definition) is 16. The highest BCUT2D eigenvalue weighted by molar-refractivity contribution is 9.11. The molecule has 19 heteroatoms. The van der Waals surface area contributed by atoms with Gasteiger partial charge in [-0.2, -0.15) is 17.5 Å². The molecule has 10 heterocycles. The van der Waals surface area contributed by atoms with E-state index >= 15 is 0 Å². The molecular formula is C99H139B2BrN4O4S8. The zero-order valence-electron chi connectivity index (χ0n) is 74.4. The van der Waals surface area contributed by atoms with Gasteiger partial charge in [0.25, 0.3) is 0 Å². The number of halogens is 1. The Morgan fingerprint density at radius 2 is 0.542 bits per heavy atom. The van der Waals surface area contributed by atoms with Crippen molar-refractivity contribution >= 4 is 155 Å². The number of unbranched alkanes of at least 4 members (excludes halogenated alkanes) is 30. The van der Waals surface area contributed by atoms with E-state index in [0.717, 1.165) is 33.0 Å². The third kappa shape index (κ3) is 20.1. The molecule has 2 aromatic carbocycles. The van der Waals surface area contributed by atoms with Crippen LogP contribution >= 0.6 is 107 Å². The van der Waals surface area contributed by atoms with E-state index in [9.17, 15) is 0 Å². The number of aromatic nitrogens is 4. The molecule has 0 saturated carbocycles. The van der Waals surface area contributed by atoms with E-state index in [1.165, 1.54) is 318 Å². The summed E-state index contributed by atoms with van der Waals surface area (Å²) >= 11 is 18.3. The molecule has 0 atom stereocenters. The Kier molecular flexibility index (Phi) is 33.2. The molecule has 8 nitrogen and oxygen atoms in total. The van der Waals surface area contributed by atoms with Crippen molar-refractivity contribution in [2.75, 3.05) is 0 Å². The molecule has 2 aliphatic heterocycles. The minimum atomic E-state index is -0.478. The van der Waals surface area contributed by atoms with E-state index in [1.807, 2.05) is 136 Å². The second kappa shape index (κ2) is 42.4. The highest BCUT2D eigenvalue weighted by Crippen LogP contribution is 2.64. The van der Waals surface area contributed by atoms with Crippen molar-refractivity contribution in [1.29, 1.82) is 0 Å². The predicted molar refractivity (Wildman–Crippen MR) is 525 cm³/mol. The van der Waals surface area contributed by atoms with Crippen LogP contribution in [0.25, 0.3) is 72.2 Å². The minimum absolute atomic E-state index is 0.143. The second-order valence-corrected chi connectivity index (χ2v) is 45.7. The fraction of sp³-hybridized carbons (Fsp3) is 0.636. The molecule has 0 radical (unpaired) electrons. The Bertz CT molecular complexity index is 4480. The van der Waals surface area contributed by atoms with Crippen molar-refractivity contribution in [3.8, 4) is 50.1 Å². The van der Waals surface area contributed by atoms with Gasteiger partial charge in [-0.25, -0.2) is 0 Å².